The normalized spacial score (nSPS) is 8.50. The highest BCUT2D eigenvalue weighted by molar-refractivity contribution is 5.82. The summed E-state index contributed by atoms with van der Waals surface area (Å²) in [5.74, 6) is 8.16. The second-order valence-electron chi connectivity index (χ2n) is 3.32. The zero-order chi connectivity index (χ0) is 15.2. The maximum absolute atomic E-state index is 10.5. The monoisotopic (exact) mass is 270 g/mol. The van der Waals surface area contributed by atoms with Crippen LogP contribution in [0.15, 0.2) is 36.4 Å². The van der Waals surface area contributed by atoms with Crippen molar-refractivity contribution in [3.8, 4) is 29.9 Å². The predicted molar refractivity (Wildman–Crippen MR) is 80.2 cm³/mol. The van der Waals surface area contributed by atoms with Gasteiger partial charge in [-0.25, -0.2) is 4.79 Å². The molecule has 1 aromatic rings. The van der Waals surface area contributed by atoms with Crippen LogP contribution in [0.25, 0.3) is 0 Å². The fraction of sp³-hybridized carbons (Fsp3) is 0.235. The van der Waals surface area contributed by atoms with E-state index in [9.17, 15) is 4.79 Å². The molecule has 0 saturated carbocycles. The van der Waals surface area contributed by atoms with Gasteiger partial charge in [-0.2, -0.15) is 0 Å². The SMILES string of the molecule is C#Cc1ccccc1OC.CC#C/C=C\C(=O)OCC. The van der Waals surface area contributed by atoms with Gasteiger partial charge in [-0.05, 0) is 32.1 Å². The van der Waals surface area contributed by atoms with Crippen LogP contribution in [-0.4, -0.2) is 19.7 Å². The molecule has 0 N–H and O–H groups in total. The van der Waals surface area contributed by atoms with E-state index in [-0.39, 0.29) is 5.97 Å². The number of carbonyl (C=O) groups excluding carboxylic acids is 1. The van der Waals surface area contributed by atoms with E-state index in [4.69, 9.17) is 11.2 Å². The number of ether oxygens (including phenoxy) is 2. The third-order valence-corrected chi connectivity index (χ3v) is 2.00. The van der Waals surface area contributed by atoms with E-state index in [1.807, 2.05) is 24.3 Å². The van der Waals surface area contributed by atoms with Crippen LogP contribution in [0.5, 0.6) is 5.75 Å². The van der Waals surface area contributed by atoms with Gasteiger partial charge in [0.05, 0.1) is 19.3 Å². The molecule has 0 radical (unpaired) electrons. The average molecular weight is 270 g/mol. The first-order chi connectivity index (χ1) is 9.69. The van der Waals surface area contributed by atoms with Crippen molar-refractivity contribution >= 4 is 5.97 Å². The second kappa shape index (κ2) is 11.4. The van der Waals surface area contributed by atoms with Crippen molar-refractivity contribution in [2.75, 3.05) is 13.7 Å². The Kier molecular flexibility index (Phi) is 9.93. The van der Waals surface area contributed by atoms with Gasteiger partial charge in [0.2, 0.25) is 0 Å². The lowest BCUT2D eigenvalue weighted by Crippen LogP contribution is -1.98. The van der Waals surface area contributed by atoms with Crippen LogP contribution in [-0.2, 0) is 9.53 Å². The van der Waals surface area contributed by atoms with E-state index in [0.717, 1.165) is 11.3 Å². The first-order valence-corrected chi connectivity index (χ1v) is 6.04. The van der Waals surface area contributed by atoms with Crippen molar-refractivity contribution in [1.29, 1.82) is 0 Å². The van der Waals surface area contributed by atoms with Crippen LogP contribution in [0.1, 0.15) is 19.4 Å². The molecular formula is C17H18O3. The van der Waals surface area contributed by atoms with Gasteiger partial charge in [0.25, 0.3) is 0 Å². The zero-order valence-electron chi connectivity index (χ0n) is 12.0. The molecule has 1 rings (SSSR count). The largest absolute Gasteiger partial charge is 0.495 e. The summed E-state index contributed by atoms with van der Waals surface area (Å²) in [7, 11) is 1.61. The summed E-state index contributed by atoms with van der Waals surface area (Å²) in [5, 5.41) is 0. The van der Waals surface area contributed by atoms with E-state index in [1.54, 1.807) is 21.0 Å². The van der Waals surface area contributed by atoms with Crippen molar-refractivity contribution in [3.63, 3.8) is 0 Å². The summed E-state index contributed by atoms with van der Waals surface area (Å²) in [6.07, 6.45) is 7.97. The Hall–Kier alpha value is -2.65. The summed E-state index contributed by atoms with van der Waals surface area (Å²) < 4.78 is 9.59. The molecule has 0 fully saturated rings. The minimum atomic E-state index is -0.342. The highest BCUT2D eigenvalue weighted by atomic mass is 16.5. The number of methoxy groups -OCH3 is 1. The van der Waals surface area contributed by atoms with Crippen LogP contribution >= 0.6 is 0 Å². The van der Waals surface area contributed by atoms with Crippen molar-refractivity contribution < 1.29 is 14.3 Å². The Labute approximate surface area is 120 Å². The molecule has 0 aliphatic carbocycles. The summed E-state index contributed by atoms with van der Waals surface area (Å²) in [6.45, 7) is 3.87. The molecule has 0 saturated heterocycles. The minimum Gasteiger partial charge on any atom is -0.495 e. The standard InChI is InChI=1S/C9H8O.C8H10O2/c1-3-8-6-4-5-7-9(8)10-2;1-3-5-6-7-8(9)10-4-2/h1,4-7H,2H3;6-7H,4H2,1-2H3/b;7-6-. The number of terminal acetylenes is 1. The highest BCUT2D eigenvalue weighted by Gasteiger charge is 1.94. The lowest BCUT2D eigenvalue weighted by atomic mass is 10.2. The van der Waals surface area contributed by atoms with Crippen molar-refractivity contribution in [2.45, 2.75) is 13.8 Å². The van der Waals surface area contributed by atoms with Crippen LogP contribution in [0, 0.1) is 24.2 Å². The molecule has 0 bridgehead atoms. The average Bonchev–Trinajstić information content (AvgIpc) is 2.48. The third-order valence-electron chi connectivity index (χ3n) is 2.00. The van der Waals surface area contributed by atoms with Crippen LogP contribution in [0.3, 0.4) is 0 Å². The maximum Gasteiger partial charge on any atom is 0.331 e. The third kappa shape index (κ3) is 7.63. The molecule has 0 aliphatic rings. The predicted octanol–water partition coefficient (Wildman–Crippen LogP) is 2.81. The molecule has 0 unspecified atom stereocenters. The molecule has 0 atom stereocenters. The summed E-state index contributed by atoms with van der Waals surface area (Å²) in [6, 6.07) is 7.46. The van der Waals surface area contributed by atoms with Crippen LogP contribution in [0.2, 0.25) is 0 Å². The van der Waals surface area contributed by atoms with Gasteiger partial charge in [-0.3, -0.25) is 0 Å². The number of hydrogen-bond donors (Lipinski definition) is 0. The number of allylic oxidation sites excluding steroid dienone is 1. The summed E-state index contributed by atoms with van der Waals surface area (Å²) >= 11 is 0. The van der Waals surface area contributed by atoms with Gasteiger partial charge in [-0.15, -0.1) is 12.3 Å². The van der Waals surface area contributed by atoms with E-state index in [0.29, 0.717) is 6.61 Å². The van der Waals surface area contributed by atoms with Gasteiger partial charge >= 0.3 is 5.97 Å². The van der Waals surface area contributed by atoms with Crippen LogP contribution in [0.4, 0.5) is 0 Å². The number of hydrogen-bond acceptors (Lipinski definition) is 3. The Morgan fingerprint density at radius 1 is 1.40 bits per heavy atom. The van der Waals surface area contributed by atoms with Gasteiger partial charge < -0.3 is 9.47 Å². The molecule has 20 heavy (non-hydrogen) atoms. The lowest BCUT2D eigenvalue weighted by molar-refractivity contribution is -0.137. The highest BCUT2D eigenvalue weighted by Crippen LogP contribution is 2.14. The molecule has 0 amide bonds. The van der Waals surface area contributed by atoms with Crippen molar-refractivity contribution in [2.24, 2.45) is 0 Å². The molecule has 1 aromatic carbocycles. The van der Waals surface area contributed by atoms with Crippen molar-refractivity contribution in [1.82, 2.24) is 0 Å². The quantitative estimate of drug-likeness (QED) is 0.481. The molecule has 3 heteroatoms. The van der Waals surface area contributed by atoms with Gasteiger partial charge in [0.1, 0.15) is 5.75 Å². The van der Waals surface area contributed by atoms with Crippen molar-refractivity contribution in [3.05, 3.63) is 42.0 Å². The topological polar surface area (TPSA) is 35.5 Å². The summed E-state index contributed by atoms with van der Waals surface area (Å²) in [4.78, 5) is 10.5. The fourth-order valence-electron chi connectivity index (χ4n) is 1.15. The number of esters is 1. The second-order valence-corrected chi connectivity index (χ2v) is 3.32. The molecule has 0 heterocycles. The number of para-hydroxylation sites is 1. The van der Waals surface area contributed by atoms with Gasteiger partial charge in [0.15, 0.2) is 0 Å². The Morgan fingerprint density at radius 3 is 2.60 bits per heavy atom. The smallest absolute Gasteiger partial charge is 0.331 e. The van der Waals surface area contributed by atoms with E-state index < -0.39 is 0 Å². The minimum absolute atomic E-state index is 0.342. The van der Waals surface area contributed by atoms with E-state index >= 15 is 0 Å². The lowest BCUT2D eigenvalue weighted by Gasteiger charge is -1.99. The Morgan fingerprint density at radius 2 is 2.10 bits per heavy atom. The Bertz CT molecular complexity index is 539. The first-order valence-electron chi connectivity index (χ1n) is 6.04. The number of rotatable bonds is 3. The first kappa shape index (κ1) is 17.4. The van der Waals surface area contributed by atoms with E-state index in [2.05, 4.69) is 22.5 Å². The van der Waals surface area contributed by atoms with E-state index in [1.165, 1.54) is 12.2 Å². The molecule has 104 valence electrons. The van der Waals surface area contributed by atoms with Crippen LogP contribution < -0.4 is 4.74 Å². The molecule has 0 aliphatic heterocycles. The zero-order valence-corrected chi connectivity index (χ0v) is 12.0. The molecule has 0 spiro atoms. The molecule has 0 aromatic heterocycles. The molecular weight excluding hydrogens is 252 g/mol. The number of carbonyl (C=O) groups is 1. The van der Waals surface area contributed by atoms with Gasteiger partial charge in [0, 0.05) is 6.08 Å². The summed E-state index contributed by atoms with van der Waals surface area (Å²) in [5.41, 5.74) is 0.796. The fourth-order valence-corrected chi connectivity index (χ4v) is 1.15. The molecule has 3 nitrogen and oxygen atoms in total. The van der Waals surface area contributed by atoms with Gasteiger partial charge in [-0.1, -0.05) is 24.0 Å². The Balaban J connectivity index is 0.000000361. The number of benzene rings is 1. The maximum atomic E-state index is 10.5.